The highest BCUT2D eigenvalue weighted by Gasteiger charge is 2.28. The van der Waals surface area contributed by atoms with Crippen molar-refractivity contribution in [3.8, 4) is 11.1 Å². The number of benzene rings is 2. The van der Waals surface area contributed by atoms with Crippen molar-refractivity contribution < 1.29 is 9.85 Å². The molecule has 0 aromatic heterocycles. The smallest absolute Gasteiger partial charge is 0.258 e. The van der Waals surface area contributed by atoms with Crippen LogP contribution in [0.15, 0.2) is 46.2 Å². The Morgan fingerprint density at radius 2 is 1.15 bits per heavy atom. The van der Waals surface area contributed by atoms with Crippen LogP contribution < -0.4 is 0 Å². The topological polar surface area (TPSA) is 86.3 Å². The molecule has 138 valence electrons. The molecule has 0 spiro atoms. The molecule has 0 unspecified atom stereocenters. The van der Waals surface area contributed by atoms with Crippen LogP contribution in [-0.2, 0) is 0 Å². The summed E-state index contributed by atoms with van der Waals surface area (Å²) in [6, 6.07) is 9.69. The third-order valence-corrected chi connectivity index (χ3v) is 6.10. The predicted octanol–water partition coefficient (Wildman–Crippen LogP) is 6.17. The zero-order chi connectivity index (χ0) is 19.1. The van der Waals surface area contributed by atoms with Crippen molar-refractivity contribution in [2.75, 3.05) is 11.5 Å². The summed E-state index contributed by atoms with van der Waals surface area (Å²) in [7, 11) is 0. The lowest BCUT2D eigenvalue weighted by atomic mass is 10.0. The molecule has 0 radical (unpaired) electrons. The molecule has 8 heteroatoms. The fraction of sp³-hybridized carbons (Fsp3) is 0.333. The van der Waals surface area contributed by atoms with Gasteiger partial charge in [-0.05, 0) is 36.5 Å². The average molecular weight is 393 g/mol. The summed E-state index contributed by atoms with van der Waals surface area (Å²) < 4.78 is 0. The van der Waals surface area contributed by atoms with Crippen molar-refractivity contribution in [3.63, 3.8) is 0 Å². The van der Waals surface area contributed by atoms with E-state index in [0.717, 1.165) is 24.3 Å². The first-order valence-electron chi connectivity index (χ1n) is 8.32. The standard InChI is InChI=1S/C18H20N2O4S2/c1-3-11-25-15-9-5-7-13(19(21)22)17(15)18-14(20(23)24)8-6-10-16(18)26-12-4-2/h5-10H,3-4,11-12H2,1-2H3. The lowest BCUT2D eigenvalue weighted by Crippen LogP contribution is -1.99. The number of thioether (sulfide) groups is 2. The number of hydrogen-bond acceptors (Lipinski definition) is 6. The first-order chi connectivity index (χ1) is 12.5. The van der Waals surface area contributed by atoms with Gasteiger partial charge in [0.15, 0.2) is 0 Å². The van der Waals surface area contributed by atoms with E-state index in [-0.39, 0.29) is 11.4 Å². The second-order valence-corrected chi connectivity index (χ2v) is 7.79. The fourth-order valence-electron chi connectivity index (χ4n) is 2.51. The molecule has 0 aliphatic carbocycles. The summed E-state index contributed by atoms with van der Waals surface area (Å²) in [4.78, 5) is 23.8. The van der Waals surface area contributed by atoms with Gasteiger partial charge in [-0.2, -0.15) is 0 Å². The van der Waals surface area contributed by atoms with E-state index in [4.69, 9.17) is 0 Å². The van der Waals surface area contributed by atoms with Gasteiger partial charge < -0.3 is 0 Å². The van der Waals surface area contributed by atoms with Crippen molar-refractivity contribution in [2.45, 2.75) is 36.5 Å². The van der Waals surface area contributed by atoms with E-state index < -0.39 is 9.85 Å². The van der Waals surface area contributed by atoms with Gasteiger partial charge in [0.05, 0.1) is 21.0 Å². The van der Waals surface area contributed by atoms with Gasteiger partial charge in [0.25, 0.3) is 11.4 Å². The molecule has 0 heterocycles. The molecule has 0 aliphatic heterocycles. The van der Waals surface area contributed by atoms with Gasteiger partial charge in [-0.25, -0.2) is 0 Å². The zero-order valence-corrected chi connectivity index (χ0v) is 16.3. The van der Waals surface area contributed by atoms with Crippen molar-refractivity contribution in [3.05, 3.63) is 56.6 Å². The van der Waals surface area contributed by atoms with Crippen LogP contribution in [0.2, 0.25) is 0 Å². The Kier molecular flexibility index (Phi) is 7.47. The zero-order valence-electron chi connectivity index (χ0n) is 14.6. The Bertz CT molecular complexity index is 744. The molecular weight excluding hydrogens is 372 g/mol. The quantitative estimate of drug-likeness (QED) is 0.288. The van der Waals surface area contributed by atoms with Gasteiger partial charge in [0, 0.05) is 21.9 Å². The van der Waals surface area contributed by atoms with Crippen molar-refractivity contribution in [1.82, 2.24) is 0 Å². The summed E-state index contributed by atoms with van der Waals surface area (Å²) >= 11 is 2.98. The van der Waals surface area contributed by atoms with E-state index in [2.05, 4.69) is 0 Å². The van der Waals surface area contributed by atoms with Gasteiger partial charge in [0.2, 0.25) is 0 Å². The molecule has 0 bridgehead atoms. The van der Waals surface area contributed by atoms with Crippen LogP contribution in [0.4, 0.5) is 11.4 Å². The largest absolute Gasteiger partial charge is 0.278 e. The van der Waals surface area contributed by atoms with Crippen molar-refractivity contribution >= 4 is 34.9 Å². The Hall–Kier alpha value is -2.06. The molecule has 0 saturated carbocycles. The van der Waals surface area contributed by atoms with E-state index in [1.165, 1.54) is 35.7 Å². The molecule has 26 heavy (non-hydrogen) atoms. The van der Waals surface area contributed by atoms with Gasteiger partial charge in [-0.3, -0.25) is 20.2 Å². The lowest BCUT2D eigenvalue weighted by molar-refractivity contribution is -0.386. The van der Waals surface area contributed by atoms with Gasteiger partial charge >= 0.3 is 0 Å². The second kappa shape index (κ2) is 9.59. The van der Waals surface area contributed by atoms with E-state index in [0.29, 0.717) is 20.9 Å². The molecule has 2 aromatic carbocycles. The number of nitro groups is 2. The Morgan fingerprint density at radius 3 is 1.46 bits per heavy atom. The summed E-state index contributed by atoms with van der Waals surface area (Å²) in [6.45, 7) is 4.05. The van der Waals surface area contributed by atoms with E-state index in [1.807, 2.05) is 13.8 Å². The number of hydrogen-bond donors (Lipinski definition) is 0. The van der Waals surface area contributed by atoms with Gasteiger partial charge in [0.1, 0.15) is 0 Å². The SMILES string of the molecule is CCCSc1cccc([N+](=O)[O-])c1-c1c(SCCC)cccc1[N+](=O)[O-]. The molecule has 0 N–H and O–H groups in total. The molecule has 0 saturated heterocycles. The van der Waals surface area contributed by atoms with Crippen LogP contribution in [0.25, 0.3) is 11.1 Å². The normalized spacial score (nSPS) is 10.7. The summed E-state index contributed by atoms with van der Waals surface area (Å²) in [5, 5.41) is 23.3. The van der Waals surface area contributed by atoms with Gasteiger partial charge in [-0.1, -0.05) is 26.0 Å². The first-order valence-corrected chi connectivity index (χ1v) is 10.3. The van der Waals surface area contributed by atoms with Crippen LogP contribution in [0.5, 0.6) is 0 Å². The maximum Gasteiger partial charge on any atom is 0.278 e. The third-order valence-electron chi connectivity index (χ3n) is 3.58. The lowest BCUT2D eigenvalue weighted by Gasteiger charge is -2.14. The van der Waals surface area contributed by atoms with E-state index in [9.17, 15) is 20.2 Å². The Balaban J connectivity index is 2.80. The minimum absolute atomic E-state index is 0.0984. The average Bonchev–Trinajstić information content (AvgIpc) is 2.63. The van der Waals surface area contributed by atoms with Crippen molar-refractivity contribution in [1.29, 1.82) is 0 Å². The molecule has 0 atom stereocenters. The van der Waals surface area contributed by atoms with Crippen LogP contribution in [-0.4, -0.2) is 21.4 Å². The highest BCUT2D eigenvalue weighted by Crippen LogP contribution is 2.46. The van der Waals surface area contributed by atoms with E-state index in [1.54, 1.807) is 24.3 Å². The highest BCUT2D eigenvalue weighted by atomic mass is 32.2. The van der Waals surface area contributed by atoms with Crippen LogP contribution in [0.3, 0.4) is 0 Å². The number of nitro benzene ring substituents is 2. The molecule has 2 aromatic rings. The third kappa shape index (κ3) is 4.56. The summed E-state index contributed by atoms with van der Waals surface area (Å²) in [5.74, 6) is 1.57. The molecule has 0 fully saturated rings. The van der Waals surface area contributed by atoms with Crippen LogP contribution in [0.1, 0.15) is 26.7 Å². The molecule has 6 nitrogen and oxygen atoms in total. The minimum Gasteiger partial charge on any atom is -0.258 e. The number of nitrogens with zero attached hydrogens (tertiary/aromatic N) is 2. The Morgan fingerprint density at radius 1 is 0.769 bits per heavy atom. The molecular formula is C18H20N2O4S2. The Labute approximate surface area is 160 Å². The molecule has 0 amide bonds. The summed E-state index contributed by atoms with van der Waals surface area (Å²) in [6.07, 6.45) is 1.81. The maximum atomic E-state index is 11.6. The fourth-order valence-corrected chi connectivity index (χ4v) is 4.41. The highest BCUT2D eigenvalue weighted by molar-refractivity contribution is 7.99. The first kappa shape index (κ1) is 20.3. The van der Waals surface area contributed by atoms with Crippen molar-refractivity contribution in [2.24, 2.45) is 0 Å². The predicted molar refractivity (Wildman–Crippen MR) is 107 cm³/mol. The number of rotatable bonds is 9. The minimum atomic E-state index is -0.462. The van der Waals surface area contributed by atoms with E-state index >= 15 is 0 Å². The second-order valence-electron chi connectivity index (χ2n) is 5.51. The molecule has 2 rings (SSSR count). The molecule has 0 aliphatic rings. The van der Waals surface area contributed by atoms with Crippen LogP contribution >= 0.6 is 23.5 Å². The van der Waals surface area contributed by atoms with Crippen LogP contribution in [0, 0.1) is 20.2 Å². The maximum absolute atomic E-state index is 11.6. The summed E-state index contributed by atoms with van der Waals surface area (Å²) in [5.41, 5.74) is 0.501. The monoisotopic (exact) mass is 392 g/mol. The van der Waals surface area contributed by atoms with Gasteiger partial charge in [-0.15, -0.1) is 23.5 Å².